The molecule has 2 aromatic rings. The fraction of sp³-hybridized carbons (Fsp3) is 0.333. The molecule has 1 heterocycles. The molecular formula is C12H14BrN3O2. The van der Waals surface area contributed by atoms with Crippen LogP contribution in [0, 0.1) is 0 Å². The number of hydrogen-bond acceptors (Lipinski definition) is 3. The Morgan fingerprint density at radius 3 is 2.67 bits per heavy atom. The molecule has 5 nitrogen and oxygen atoms in total. The third-order valence-electron chi connectivity index (χ3n) is 2.79. The minimum atomic E-state index is -0.350. The maximum absolute atomic E-state index is 12.3. The highest BCUT2D eigenvalue weighted by molar-refractivity contribution is 9.10. The summed E-state index contributed by atoms with van der Waals surface area (Å²) in [6.45, 7) is 1.98. The quantitative estimate of drug-likeness (QED) is 0.892. The predicted octanol–water partition coefficient (Wildman–Crippen LogP) is 0.810. The van der Waals surface area contributed by atoms with Gasteiger partial charge in [0, 0.05) is 24.1 Å². The summed E-state index contributed by atoms with van der Waals surface area (Å²) in [5.74, 6) is 0. The second-order valence-corrected chi connectivity index (χ2v) is 5.22. The van der Waals surface area contributed by atoms with Gasteiger partial charge in [-0.15, -0.1) is 0 Å². The van der Waals surface area contributed by atoms with Gasteiger partial charge in [-0.1, -0.05) is 6.07 Å². The predicted molar refractivity (Wildman–Crippen MR) is 74.8 cm³/mol. The standard InChI is InChI=1S/C12H14BrN3O2/c1-7(14)6-16-11(17)8-4-3-5-9(13)10(8)15(2)12(16)18/h3-5,7H,6,14H2,1-2H3. The Hall–Kier alpha value is -1.40. The van der Waals surface area contributed by atoms with Crippen LogP contribution in [0.3, 0.4) is 0 Å². The summed E-state index contributed by atoms with van der Waals surface area (Å²) >= 11 is 3.36. The number of halogens is 1. The fourth-order valence-corrected chi connectivity index (χ4v) is 2.62. The van der Waals surface area contributed by atoms with Gasteiger partial charge in [0.25, 0.3) is 5.56 Å². The lowest BCUT2D eigenvalue weighted by molar-refractivity contribution is 0.538. The molecule has 96 valence electrons. The fourth-order valence-electron chi connectivity index (χ4n) is 1.99. The number of nitrogens with two attached hydrogens (primary N) is 1. The zero-order valence-electron chi connectivity index (χ0n) is 10.2. The van der Waals surface area contributed by atoms with E-state index in [4.69, 9.17) is 5.73 Å². The molecule has 0 aliphatic carbocycles. The van der Waals surface area contributed by atoms with E-state index in [9.17, 15) is 9.59 Å². The molecule has 1 atom stereocenters. The molecule has 1 aromatic heterocycles. The third-order valence-corrected chi connectivity index (χ3v) is 3.43. The van der Waals surface area contributed by atoms with Crippen LogP contribution in [0.25, 0.3) is 10.9 Å². The van der Waals surface area contributed by atoms with Crippen LogP contribution in [0.1, 0.15) is 6.92 Å². The highest BCUT2D eigenvalue weighted by atomic mass is 79.9. The van der Waals surface area contributed by atoms with E-state index in [0.29, 0.717) is 10.9 Å². The number of hydrogen-bond donors (Lipinski definition) is 1. The SMILES string of the molecule is CC(N)Cn1c(=O)c2cccc(Br)c2n(C)c1=O. The van der Waals surface area contributed by atoms with Crippen LogP contribution in [0.4, 0.5) is 0 Å². The molecule has 0 fully saturated rings. The maximum Gasteiger partial charge on any atom is 0.331 e. The van der Waals surface area contributed by atoms with Crippen molar-refractivity contribution in [3.63, 3.8) is 0 Å². The molecule has 0 bridgehead atoms. The average molecular weight is 312 g/mol. The Kier molecular flexibility index (Phi) is 3.41. The summed E-state index contributed by atoms with van der Waals surface area (Å²) in [5, 5.41) is 0.507. The van der Waals surface area contributed by atoms with Crippen LogP contribution < -0.4 is 17.0 Å². The first-order valence-electron chi connectivity index (χ1n) is 5.57. The molecule has 0 saturated heterocycles. The highest BCUT2D eigenvalue weighted by Crippen LogP contribution is 2.19. The van der Waals surface area contributed by atoms with E-state index in [2.05, 4.69) is 15.9 Å². The van der Waals surface area contributed by atoms with Crippen LogP contribution >= 0.6 is 15.9 Å². The summed E-state index contributed by atoms with van der Waals surface area (Å²) in [7, 11) is 1.65. The first-order valence-corrected chi connectivity index (χ1v) is 6.36. The van der Waals surface area contributed by atoms with E-state index in [1.54, 1.807) is 32.2 Å². The topological polar surface area (TPSA) is 70.0 Å². The van der Waals surface area contributed by atoms with Gasteiger partial charge in [-0.3, -0.25) is 13.9 Å². The van der Waals surface area contributed by atoms with Gasteiger partial charge in [-0.05, 0) is 35.0 Å². The minimum Gasteiger partial charge on any atom is -0.326 e. The second-order valence-electron chi connectivity index (χ2n) is 4.37. The van der Waals surface area contributed by atoms with Crippen LogP contribution in [0.5, 0.6) is 0 Å². The molecule has 0 amide bonds. The molecule has 0 aliphatic heterocycles. The number of fused-ring (bicyclic) bond motifs is 1. The van der Waals surface area contributed by atoms with Gasteiger partial charge >= 0.3 is 5.69 Å². The van der Waals surface area contributed by atoms with Gasteiger partial charge < -0.3 is 5.73 Å². The van der Waals surface area contributed by atoms with Crippen molar-refractivity contribution in [1.29, 1.82) is 0 Å². The lowest BCUT2D eigenvalue weighted by Crippen LogP contribution is -2.42. The van der Waals surface area contributed by atoms with Gasteiger partial charge in [0.1, 0.15) is 0 Å². The number of benzene rings is 1. The van der Waals surface area contributed by atoms with Crippen molar-refractivity contribution < 1.29 is 0 Å². The molecule has 18 heavy (non-hydrogen) atoms. The first-order chi connectivity index (χ1) is 8.43. The molecule has 0 spiro atoms. The summed E-state index contributed by atoms with van der Waals surface area (Å²) < 4.78 is 3.37. The monoisotopic (exact) mass is 311 g/mol. The summed E-state index contributed by atoms with van der Waals surface area (Å²) in [4.78, 5) is 24.4. The van der Waals surface area contributed by atoms with Crippen LogP contribution in [-0.2, 0) is 13.6 Å². The lowest BCUT2D eigenvalue weighted by Gasteiger charge is -2.13. The molecule has 2 N–H and O–H groups in total. The van der Waals surface area contributed by atoms with Crippen molar-refractivity contribution >= 4 is 26.8 Å². The molecule has 0 aliphatic rings. The Balaban J connectivity index is 2.93. The smallest absolute Gasteiger partial charge is 0.326 e. The Labute approximate surface area is 112 Å². The van der Waals surface area contributed by atoms with Gasteiger partial charge in [0.2, 0.25) is 0 Å². The second kappa shape index (κ2) is 4.70. The number of para-hydroxylation sites is 1. The van der Waals surface area contributed by atoms with E-state index in [0.717, 1.165) is 4.47 Å². The maximum atomic E-state index is 12.3. The van der Waals surface area contributed by atoms with Crippen LogP contribution in [-0.4, -0.2) is 15.2 Å². The van der Waals surface area contributed by atoms with Crippen molar-refractivity contribution in [3.05, 3.63) is 43.5 Å². The van der Waals surface area contributed by atoms with Crippen molar-refractivity contribution in [2.24, 2.45) is 12.8 Å². The molecule has 6 heteroatoms. The van der Waals surface area contributed by atoms with E-state index < -0.39 is 0 Å². The summed E-state index contributed by atoms with van der Waals surface area (Å²) in [6, 6.07) is 5.03. The highest BCUT2D eigenvalue weighted by Gasteiger charge is 2.13. The number of aryl methyl sites for hydroxylation is 1. The third kappa shape index (κ3) is 2.02. The molecule has 2 rings (SSSR count). The van der Waals surface area contributed by atoms with Gasteiger partial charge in [-0.2, -0.15) is 0 Å². The Morgan fingerprint density at radius 1 is 1.39 bits per heavy atom. The van der Waals surface area contributed by atoms with Crippen LogP contribution in [0.2, 0.25) is 0 Å². The molecule has 0 radical (unpaired) electrons. The van der Waals surface area contributed by atoms with Crippen molar-refractivity contribution in [2.75, 3.05) is 0 Å². The van der Waals surface area contributed by atoms with Gasteiger partial charge in [0.05, 0.1) is 10.9 Å². The Morgan fingerprint density at radius 2 is 2.06 bits per heavy atom. The molecule has 1 unspecified atom stereocenters. The van der Waals surface area contributed by atoms with Gasteiger partial charge in [0.15, 0.2) is 0 Å². The number of rotatable bonds is 2. The Bertz CT molecular complexity index is 716. The number of aromatic nitrogens is 2. The van der Waals surface area contributed by atoms with E-state index in [-0.39, 0.29) is 23.8 Å². The average Bonchev–Trinajstić information content (AvgIpc) is 2.31. The lowest BCUT2D eigenvalue weighted by atomic mass is 10.2. The first kappa shape index (κ1) is 13.0. The minimum absolute atomic E-state index is 0.216. The molecule has 0 saturated carbocycles. The molecular weight excluding hydrogens is 298 g/mol. The molecule has 1 aromatic carbocycles. The van der Waals surface area contributed by atoms with Crippen molar-refractivity contribution in [2.45, 2.75) is 19.5 Å². The normalized spacial score (nSPS) is 12.9. The van der Waals surface area contributed by atoms with Crippen LogP contribution in [0.15, 0.2) is 32.3 Å². The number of nitrogens with zero attached hydrogens (tertiary/aromatic N) is 2. The van der Waals surface area contributed by atoms with Crippen molar-refractivity contribution in [3.8, 4) is 0 Å². The zero-order chi connectivity index (χ0) is 13.4. The summed E-state index contributed by atoms with van der Waals surface area (Å²) in [5.41, 5.74) is 5.62. The van der Waals surface area contributed by atoms with E-state index in [1.165, 1.54) is 9.13 Å². The van der Waals surface area contributed by atoms with E-state index in [1.807, 2.05) is 0 Å². The van der Waals surface area contributed by atoms with E-state index >= 15 is 0 Å². The zero-order valence-corrected chi connectivity index (χ0v) is 11.8. The van der Waals surface area contributed by atoms with Crippen molar-refractivity contribution in [1.82, 2.24) is 9.13 Å². The largest absolute Gasteiger partial charge is 0.331 e. The summed E-state index contributed by atoms with van der Waals surface area (Å²) in [6.07, 6.45) is 0. The van der Waals surface area contributed by atoms with Gasteiger partial charge in [-0.25, -0.2) is 4.79 Å².